The van der Waals surface area contributed by atoms with E-state index in [4.69, 9.17) is 5.73 Å². The van der Waals surface area contributed by atoms with Gasteiger partial charge in [0.1, 0.15) is 5.82 Å². The Kier molecular flexibility index (Phi) is 4.83. The lowest BCUT2D eigenvalue weighted by Gasteiger charge is -2.35. The van der Waals surface area contributed by atoms with E-state index in [1.165, 1.54) is 0 Å². The maximum Gasteiger partial charge on any atom is 0.251 e. The number of likely N-dealkylation sites (tertiary alicyclic amines) is 1. The van der Waals surface area contributed by atoms with E-state index in [2.05, 4.69) is 29.2 Å². The van der Waals surface area contributed by atoms with Crippen LogP contribution in [-0.2, 0) is 0 Å². The van der Waals surface area contributed by atoms with Crippen molar-refractivity contribution in [1.82, 2.24) is 15.2 Å². The summed E-state index contributed by atoms with van der Waals surface area (Å²) in [5.74, 6) is 1.06. The molecule has 2 heterocycles. The minimum atomic E-state index is -0.0487. The molecule has 1 fully saturated rings. The highest BCUT2D eigenvalue weighted by atomic mass is 16.1. The molecule has 0 bridgehead atoms. The molecule has 0 spiro atoms. The second-order valence-corrected chi connectivity index (χ2v) is 6.47. The average molecular weight is 290 g/mol. The molecule has 2 unspecified atom stereocenters. The molecule has 5 nitrogen and oxygen atoms in total. The van der Waals surface area contributed by atoms with Crippen molar-refractivity contribution in [3.05, 3.63) is 23.4 Å². The summed E-state index contributed by atoms with van der Waals surface area (Å²) in [6.45, 7) is 8.30. The molecule has 1 aromatic heterocycles. The Balaban J connectivity index is 2.10. The fraction of sp³-hybridized carbons (Fsp3) is 0.625. The molecule has 5 heteroatoms. The van der Waals surface area contributed by atoms with Gasteiger partial charge in [-0.25, -0.2) is 4.98 Å². The number of rotatable bonds is 3. The molecule has 3 N–H and O–H groups in total. The maximum absolute atomic E-state index is 12.5. The van der Waals surface area contributed by atoms with Crippen LogP contribution in [0.5, 0.6) is 0 Å². The molecular weight excluding hydrogens is 264 g/mol. The molecule has 0 saturated carbocycles. The van der Waals surface area contributed by atoms with E-state index in [1.807, 2.05) is 19.9 Å². The molecule has 1 aliphatic rings. The number of nitrogens with two attached hydrogens (primary N) is 1. The standard InChI is InChI=1S/C16H26N4O/c1-10(2)14-7-12(8-15(17)18-14)16(21)19-13-5-6-20(4)9-11(13)3/h7-8,10-11,13H,5-6,9H2,1-4H3,(H2,17,18)(H,19,21). The molecular formula is C16H26N4O. The first-order valence-electron chi connectivity index (χ1n) is 7.63. The Morgan fingerprint density at radius 1 is 1.48 bits per heavy atom. The third-order valence-corrected chi connectivity index (χ3v) is 4.14. The Hall–Kier alpha value is -1.62. The van der Waals surface area contributed by atoms with Gasteiger partial charge in [-0.05, 0) is 44.0 Å². The first-order chi connectivity index (χ1) is 9.86. The summed E-state index contributed by atoms with van der Waals surface area (Å²) >= 11 is 0. The number of anilines is 1. The first kappa shape index (κ1) is 15.8. The van der Waals surface area contributed by atoms with Gasteiger partial charge in [0.15, 0.2) is 0 Å². The monoisotopic (exact) mass is 290 g/mol. The lowest BCUT2D eigenvalue weighted by Crippen LogP contribution is -2.48. The first-order valence-corrected chi connectivity index (χ1v) is 7.63. The zero-order chi connectivity index (χ0) is 15.6. The molecule has 0 aliphatic carbocycles. The van der Waals surface area contributed by atoms with Crippen LogP contribution >= 0.6 is 0 Å². The molecule has 0 radical (unpaired) electrons. The van der Waals surface area contributed by atoms with Gasteiger partial charge in [0.2, 0.25) is 0 Å². The van der Waals surface area contributed by atoms with Crippen LogP contribution in [0.3, 0.4) is 0 Å². The van der Waals surface area contributed by atoms with Gasteiger partial charge >= 0.3 is 0 Å². The molecule has 1 amide bonds. The molecule has 0 aromatic carbocycles. The predicted molar refractivity (Wildman–Crippen MR) is 85.3 cm³/mol. The van der Waals surface area contributed by atoms with Gasteiger partial charge in [0.25, 0.3) is 5.91 Å². The zero-order valence-electron chi connectivity index (χ0n) is 13.4. The fourth-order valence-corrected chi connectivity index (χ4v) is 2.82. The highest BCUT2D eigenvalue weighted by Gasteiger charge is 2.26. The lowest BCUT2D eigenvalue weighted by molar-refractivity contribution is 0.0883. The second-order valence-electron chi connectivity index (χ2n) is 6.47. The van der Waals surface area contributed by atoms with E-state index in [-0.39, 0.29) is 17.9 Å². The molecule has 116 valence electrons. The number of carbonyl (C=O) groups is 1. The predicted octanol–water partition coefficient (Wildman–Crippen LogP) is 1.86. The topological polar surface area (TPSA) is 71.2 Å². The highest BCUT2D eigenvalue weighted by Crippen LogP contribution is 2.18. The molecule has 2 rings (SSSR count). The summed E-state index contributed by atoms with van der Waals surface area (Å²) in [5.41, 5.74) is 7.28. The van der Waals surface area contributed by atoms with E-state index in [9.17, 15) is 4.79 Å². The van der Waals surface area contributed by atoms with Crippen molar-refractivity contribution in [2.45, 2.75) is 39.2 Å². The van der Waals surface area contributed by atoms with Crippen molar-refractivity contribution in [3.63, 3.8) is 0 Å². The Bertz CT molecular complexity index is 515. The number of pyridine rings is 1. The summed E-state index contributed by atoms with van der Waals surface area (Å²) in [6.07, 6.45) is 0.987. The molecule has 2 atom stereocenters. The van der Waals surface area contributed by atoms with E-state index in [0.29, 0.717) is 17.3 Å². The van der Waals surface area contributed by atoms with Crippen LogP contribution < -0.4 is 11.1 Å². The summed E-state index contributed by atoms with van der Waals surface area (Å²) < 4.78 is 0. The van der Waals surface area contributed by atoms with Crippen molar-refractivity contribution in [3.8, 4) is 0 Å². The maximum atomic E-state index is 12.5. The van der Waals surface area contributed by atoms with Gasteiger partial charge in [-0.1, -0.05) is 20.8 Å². The largest absolute Gasteiger partial charge is 0.384 e. The number of hydrogen-bond donors (Lipinski definition) is 2. The summed E-state index contributed by atoms with van der Waals surface area (Å²) in [7, 11) is 2.12. The van der Waals surface area contributed by atoms with Crippen molar-refractivity contribution >= 4 is 11.7 Å². The van der Waals surface area contributed by atoms with Crippen LogP contribution in [0.4, 0.5) is 5.82 Å². The quantitative estimate of drug-likeness (QED) is 0.891. The highest BCUT2D eigenvalue weighted by molar-refractivity contribution is 5.95. The van der Waals surface area contributed by atoms with Crippen molar-refractivity contribution in [2.24, 2.45) is 5.92 Å². The van der Waals surface area contributed by atoms with E-state index in [0.717, 1.165) is 25.2 Å². The van der Waals surface area contributed by atoms with Crippen LogP contribution in [0.25, 0.3) is 0 Å². The second kappa shape index (κ2) is 6.43. The molecule has 1 saturated heterocycles. The lowest BCUT2D eigenvalue weighted by atomic mass is 9.94. The van der Waals surface area contributed by atoms with Gasteiger partial charge in [-0.2, -0.15) is 0 Å². The third-order valence-electron chi connectivity index (χ3n) is 4.14. The number of nitrogen functional groups attached to an aromatic ring is 1. The Morgan fingerprint density at radius 3 is 2.81 bits per heavy atom. The molecule has 21 heavy (non-hydrogen) atoms. The van der Waals surface area contributed by atoms with Crippen molar-refractivity contribution < 1.29 is 4.79 Å². The molecule has 1 aliphatic heterocycles. The van der Waals surface area contributed by atoms with Crippen LogP contribution in [0.2, 0.25) is 0 Å². The average Bonchev–Trinajstić information content (AvgIpc) is 2.41. The molecule has 1 aromatic rings. The van der Waals surface area contributed by atoms with Crippen LogP contribution in [0, 0.1) is 5.92 Å². The van der Waals surface area contributed by atoms with Crippen molar-refractivity contribution in [1.29, 1.82) is 0 Å². The number of nitrogens with zero attached hydrogens (tertiary/aromatic N) is 2. The van der Waals surface area contributed by atoms with Crippen LogP contribution in [0.1, 0.15) is 49.2 Å². The SMILES string of the molecule is CC(C)c1cc(C(=O)NC2CCN(C)CC2C)cc(N)n1. The number of amides is 1. The van der Waals surface area contributed by atoms with E-state index in [1.54, 1.807) is 6.07 Å². The summed E-state index contributed by atoms with van der Waals surface area (Å²) in [4.78, 5) is 19.0. The number of aromatic nitrogens is 1. The van der Waals surface area contributed by atoms with E-state index >= 15 is 0 Å². The Morgan fingerprint density at radius 2 is 2.19 bits per heavy atom. The van der Waals surface area contributed by atoms with Crippen molar-refractivity contribution in [2.75, 3.05) is 25.9 Å². The zero-order valence-corrected chi connectivity index (χ0v) is 13.4. The van der Waals surface area contributed by atoms with Gasteiger partial charge in [-0.15, -0.1) is 0 Å². The smallest absolute Gasteiger partial charge is 0.251 e. The fourth-order valence-electron chi connectivity index (χ4n) is 2.82. The number of piperidine rings is 1. The third kappa shape index (κ3) is 3.94. The van der Waals surface area contributed by atoms with Crippen LogP contribution in [0.15, 0.2) is 12.1 Å². The summed E-state index contributed by atoms with van der Waals surface area (Å²) in [5, 5.41) is 3.15. The normalized spacial score (nSPS) is 23.3. The summed E-state index contributed by atoms with van der Waals surface area (Å²) in [6, 6.07) is 3.72. The van der Waals surface area contributed by atoms with E-state index < -0.39 is 0 Å². The Labute approximate surface area is 126 Å². The minimum Gasteiger partial charge on any atom is -0.384 e. The van der Waals surface area contributed by atoms with Gasteiger partial charge in [0, 0.05) is 23.8 Å². The number of carbonyl (C=O) groups excluding carboxylic acids is 1. The van der Waals surface area contributed by atoms with Gasteiger partial charge in [-0.3, -0.25) is 4.79 Å². The van der Waals surface area contributed by atoms with Gasteiger partial charge in [0.05, 0.1) is 0 Å². The number of hydrogen-bond acceptors (Lipinski definition) is 4. The minimum absolute atomic E-state index is 0.0487. The van der Waals surface area contributed by atoms with Crippen LogP contribution in [-0.4, -0.2) is 42.0 Å². The van der Waals surface area contributed by atoms with Gasteiger partial charge < -0.3 is 16.0 Å². The number of nitrogens with one attached hydrogen (secondary N) is 1.